The Morgan fingerprint density at radius 2 is 2.22 bits per heavy atom. The van der Waals surface area contributed by atoms with Gasteiger partial charge in [0.1, 0.15) is 10.9 Å². The third-order valence-electron chi connectivity index (χ3n) is 2.75. The Morgan fingerprint density at radius 3 is 2.67 bits per heavy atom. The van der Waals surface area contributed by atoms with Crippen LogP contribution in [0.25, 0.3) is 0 Å². The van der Waals surface area contributed by atoms with Crippen LogP contribution in [0, 0.1) is 5.92 Å². The van der Waals surface area contributed by atoms with Crippen molar-refractivity contribution in [3.05, 3.63) is 24.5 Å². The third-order valence-corrected chi connectivity index (χ3v) is 4.17. The van der Waals surface area contributed by atoms with E-state index in [1.807, 2.05) is 6.92 Å². The quantitative estimate of drug-likeness (QED) is 0.774. The summed E-state index contributed by atoms with van der Waals surface area (Å²) in [6.45, 7) is 3.63. The second kappa shape index (κ2) is 5.92. The van der Waals surface area contributed by atoms with Gasteiger partial charge >= 0.3 is 0 Å². The lowest BCUT2D eigenvalue weighted by Crippen LogP contribution is -2.48. The molecule has 0 saturated heterocycles. The standard InChI is InChI=1S/C11H17N3O3S/c1-3-8(2)10(11(12)15)14-18(16,17)9-5-4-6-13-7-9/h4-8,10,14H,3H2,1-2H3,(H2,12,15)/t8-,10-/m1/s1. The van der Waals surface area contributed by atoms with E-state index in [1.165, 1.54) is 24.5 Å². The van der Waals surface area contributed by atoms with E-state index in [2.05, 4.69) is 9.71 Å². The number of hydrogen-bond acceptors (Lipinski definition) is 4. The number of nitrogens with zero attached hydrogens (tertiary/aromatic N) is 1. The summed E-state index contributed by atoms with van der Waals surface area (Å²) in [5.74, 6) is -0.856. The highest BCUT2D eigenvalue weighted by molar-refractivity contribution is 7.89. The van der Waals surface area contributed by atoms with Gasteiger partial charge < -0.3 is 5.73 Å². The third kappa shape index (κ3) is 3.51. The van der Waals surface area contributed by atoms with E-state index < -0.39 is 22.0 Å². The van der Waals surface area contributed by atoms with Crippen molar-refractivity contribution < 1.29 is 13.2 Å². The Hall–Kier alpha value is -1.47. The Kier molecular flexibility index (Phi) is 4.80. The van der Waals surface area contributed by atoms with Gasteiger partial charge in [0.15, 0.2) is 0 Å². The maximum atomic E-state index is 12.0. The summed E-state index contributed by atoms with van der Waals surface area (Å²) in [6.07, 6.45) is 3.33. The van der Waals surface area contributed by atoms with Crippen LogP contribution in [-0.2, 0) is 14.8 Å². The first-order chi connectivity index (χ1) is 8.38. The van der Waals surface area contributed by atoms with Crippen LogP contribution in [0.15, 0.2) is 29.4 Å². The molecule has 0 bridgehead atoms. The lowest BCUT2D eigenvalue weighted by molar-refractivity contribution is -0.120. The van der Waals surface area contributed by atoms with Gasteiger partial charge in [-0.25, -0.2) is 8.42 Å². The Bertz CT molecular complexity index is 502. The minimum atomic E-state index is -3.77. The maximum Gasteiger partial charge on any atom is 0.242 e. The summed E-state index contributed by atoms with van der Waals surface area (Å²) in [7, 11) is -3.77. The summed E-state index contributed by atoms with van der Waals surface area (Å²) in [5.41, 5.74) is 5.22. The molecule has 1 aromatic heterocycles. The van der Waals surface area contributed by atoms with E-state index >= 15 is 0 Å². The molecule has 2 atom stereocenters. The van der Waals surface area contributed by atoms with E-state index in [1.54, 1.807) is 6.92 Å². The molecule has 7 heteroatoms. The molecule has 1 amide bonds. The molecule has 1 heterocycles. The molecular weight excluding hydrogens is 254 g/mol. The maximum absolute atomic E-state index is 12.0. The molecule has 1 rings (SSSR count). The summed E-state index contributed by atoms with van der Waals surface area (Å²) in [6, 6.07) is 2.00. The Morgan fingerprint density at radius 1 is 1.56 bits per heavy atom. The number of rotatable bonds is 6. The van der Waals surface area contributed by atoms with E-state index in [0.29, 0.717) is 6.42 Å². The monoisotopic (exact) mass is 271 g/mol. The number of nitrogens with two attached hydrogens (primary N) is 1. The van der Waals surface area contributed by atoms with Crippen molar-refractivity contribution in [2.45, 2.75) is 31.2 Å². The predicted octanol–water partition coefficient (Wildman–Crippen LogP) is 0.260. The van der Waals surface area contributed by atoms with Crippen molar-refractivity contribution in [3.63, 3.8) is 0 Å². The molecule has 0 aliphatic heterocycles. The highest BCUT2D eigenvalue weighted by Crippen LogP contribution is 2.12. The van der Waals surface area contributed by atoms with Gasteiger partial charge in [0.2, 0.25) is 15.9 Å². The van der Waals surface area contributed by atoms with Crippen molar-refractivity contribution in [3.8, 4) is 0 Å². The molecular formula is C11H17N3O3S. The molecule has 18 heavy (non-hydrogen) atoms. The minimum absolute atomic E-state index is 0.0135. The van der Waals surface area contributed by atoms with Crippen LogP contribution in [0.2, 0.25) is 0 Å². The fourth-order valence-electron chi connectivity index (χ4n) is 1.43. The van der Waals surface area contributed by atoms with Crippen molar-refractivity contribution >= 4 is 15.9 Å². The predicted molar refractivity (Wildman–Crippen MR) is 67.0 cm³/mol. The number of nitrogens with one attached hydrogen (secondary N) is 1. The van der Waals surface area contributed by atoms with Gasteiger partial charge in [-0.2, -0.15) is 4.72 Å². The molecule has 0 saturated carbocycles. The van der Waals surface area contributed by atoms with Gasteiger partial charge in [-0.3, -0.25) is 9.78 Å². The van der Waals surface area contributed by atoms with E-state index in [9.17, 15) is 13.2 Å². The summed E-state index contributed by atoms with van der Waals surface area (Å²) < 4.78 is 26.3. The first kappa shape index (κ1) is 14.6. The molecule has 0 aliphatic carbocycles. The first-order valence-corrected chi connectivity index (χ1v) is 7.08. The van der Waals surface area contributed by atoms with Gasteiger partial charge in [-0.15, -0.1) is 0 Å². The number of carbonyl (C=O) groups excluding carboxylic acids is 1. The zero-order chi connectivity index (χ0) is 13.8. The number of sulfonamides is 1. The van der Waals surface area contributed by atoms with Gasteiger partial charge in [-0.1, -0.05) is 20.3 Å². The van der Waals surface area contributed by atoms with Crippen LogP contribution in [0.4, 0.5) is 0 Å². The largest absolute Gasteiger partial charge is 0.368 e. The van der Waals surface area contributed by atoms with E-state index in [-0.39, 0.29) is 10.8 Å². The summed E-state index contributed by atoms with van der Waals surface area (Å²) in [4.78, 5) is 15.0. The molecule has 0 radical (unpaired) electrons. The average molecular weight is 271 g/mol. The van der Waals surface area contributed by atoms with Gasteiger partial charge in [0.05, 0.1) is 0 Å². The second-order valence-electron chi connectivity index (χ2n) is 4.08. The molecule has 0 aliphatic rings. The Labute approximate surface area is 107 Å². The second-order valence-corrected chi connectivity index (χ2v) is 5.79. The van der Waals surface area contributed by atoms with Gasteiger partial charge in [0, 0.05) is 12.4 Å². The highest BCUT2D eigenvalue weighted by Gasteiger charge is 2.27. The van der Waals surface area contributed by atoms with Crippen molar-refractivity contribution in [2.24, 2.45) is 11.7 Å². The fraction of sp³-hybridized carbons (Fsp3) is 0.455. The molecule has 100 valence electrons. The van der Waals surface area contributed by atoms with Crippen LogP contribution >= 0.6 is 0 Å². The number of aromatic nitrogens is 1. The SMILES string of the molecule is CC[C@@H](C)[C@@H](NS(=O)(=O)c1cccnc1)C(N)=O. The number of pyridine rings is 1. The van der Waals surface area contributed by atoms with Crippen LogP contribution in [0.5, 0.6) is 0 Å². The van der Waals surface area contributed by atoms with Crippen molar-refractivity contribution in [1.29, 1.82) is 0 Å². The number of primary amides is 1. The molecule has 0 aromatic carbocycles. The molecule has 3 N–H and O–H groups in total. The number of carbonyl (C=O) groups is 1. The topological polar surface area (TPSA) is 102 Å². The normalized spacial score (nSPS) is 15.0. The van der Waals surface area contributed by atoms with Crippen molar-refractivity contribution in [1.82, 2.24) is 9.71 Å². The van der Waals surface area contributed by atoms with Gasteiger partial charge in [-0.05, 0) is 18.1 Å². The molecule has 1 aromatic rings. The zero-order valence-electron chi connectivity index (χ0n) is 10.3. The van der Waals surface area contributed by atoms with E-state index in [4.69, 9.17) is 5.73 Å². The smallest absolute Gasteiger partial charge is 0.242 e. The molecule has 0 spiro atoms. The van der Waals surface area contributed by atoms with E-state index in [0.717, 1.165) is 0 Å². The van der Waals surface area contributed by atoms with Crippen LogP contribution in [0.3, 0.4) is 0 Å². The summed E-state index contributed by atoms with van der Waals surface area (Å²) >= 11 is 0. The average Bonchev–Trinajstić information content (AvgIpc) is 2.36. The zero-order valence-corrected chi connectivity index (χ0v) is 11.1. The lowest BCUT2D eigenvalue weighted by Gasteiger charge is -2.20. The van der Waals surface area contributed by atoms with Crippen molar-refractivity contribution in [2.75, 3.05) is 0 Å². The fourth-order valence-corrected chi connectivity index (χ4v) is 2.71. The van der Waals surface area contributed by atoms with Crippen LogP contribution in [-0.4, -0.2) is 25.4 Å². The summed E-state index contributed by atoms with van der Waals surface area (Å²) in [5, 5.41) is 0. The Balaban J connectivity index is 2.97. The number of hydrogen-bond donors (Lipinski definition) is 2. The minimum Gasteiger partial charge on any atom is -0.368 e. The van der Waals surface area contributed by atoms with Crippen LogP contribution in [0.1, 0.15) is 20.3 Å². The van der Waals surface area contributed by atoms with Gasteiger partial charge in [0.25, 0.3) is 0 Å². The molecule has 0 unspecified atom stereocenters. The molecule has 0 fully saturated rings. The number of amides is 1. The first-order valence-electron chi connectivity index (χ1n) is 5.60. The molecule has 6 nitrogen and oxygen atoms in total. The van der Waals surface area contributed by atoms with Crippen LogP contribution < -0.4 is 10.5 Å². The lowest BCUT2D eigenvalue weighted by atomic mass is 10.00. The highest BCUT2D eigenvalue weighted by atomic mass is 32.2.